The smallest absolute Gasteiger partial charge is 0.209 e. The molecule has 0 radical (unpaired) electrons. The molecule has 0 amide bonds. The molecule has 1 fully saturated rings. The van der Waals surface area contributed by atoms with E-state index in [-0.39, 0.29) is 17.3 Å². The van der Waals surface area contributed by atoms with E-state index in [1.807, 2.05) is 0 Å². The molecule has 1 heterocycles. The van der Waals surface area contributed by atoms with Crippen molar-refractivity contribution in [3.63, 3.8) is 0 Å². The summed E-state index contributed by atoms with van der Waals surface area (Å²) in [6.45, 7) is 5.90. The molecule has 1 atom stereocenters. The van der Waals surface area contributed by atoms with E-state index >= 15 is 0 Å². The van der Waals surface area contributed by atoms with Crippen molar-refractivity contribution >= 4 is 10.0 Å². The Kier molecular flexibility index (Phi) is 8.16. The standard InChI is InChI=1S/C15H31NO4S/c1-3-4-5-6-7-14(2)20-12-15(13-21(16,17)18)8-10-19-11-9-15/h14H,3-13H2,1-2H3,(H2,16,17,18). The maximum atomic E-state index is 11.5. The molecule has 1 unspecified atom stereocenters. The van der Waals surface area contributed by atoms with E-state index in [1.165, 1.54) is 25.7 Å². The number of nitrogens with two attached hydrogens (primary N) is 1. The van der Waals surface area contributed by atoms with Crippen LogP contribution < -0.4 is 5.14 Å². The van der Waals surface area contributed by atoms with Gasteiger partial charge < -0.3 is 9.47 Å². The molecular formula is C15H31NO4S. The first-order valence-corrected chi connectivity index (χ1v) is 9.78. The normalized spacial score (nSPS) is 20.3. The van der Waals surface area contributed by atoms with Gasteiger partial charge in [0.2, 0.25) is 10.0 Å². The van der Waals surface area contributed by atoms with Gasteiger partial charge in [-0.25, -0.2) is 13.6 Å². The average Bonchev–Trinajstić information content (AvgIpc) is 2.41. The molecule has 5 nitrogen and oxygen atoms in total. The van der Waals surface area contributed by atoms with Crippen LogP contribution in [0.15, 0.2) is 0 Å². The van der Waals surface area contributed by atoms with Gasteiger partial charge in [0, 0.05) is 18.6 Å². The lowest BCUT2D eigenvalue weighted by Crippen LogP contribution is -2.42. The van der Waals surface area contributed by atoms with Gasteiger partial charge >= 0.3 is 0 Å². The molecule has 2 N–H and O–H groups in total. The van der Waals surface area contributed by atoms with Crippen molar-refractivity contribution in [3.05, 3.63) is 0 Å². The van der Waals surface area contributed by atoms with Crippen molar-refractivity contribution < 1.29 is 17.9 Å². The Bertz CT molecular complexity index is 377. The fraction of sp³-hybridized carbons (Fsp3) is 1.00. The van der Waals surface area contributed by atoms with Crippen LogP contribution in [0.4, 0.5) is 0 Å². The number of rotatable bonds is 10. The summed E-state index contributed by atoms with van der Waals surface area (Å²) in [6, 6.07) is 0. The van der Waals surface area contributed by atoms with Crippen LogP contribution >= 0.6 is 0 Å². The van der Waals surface area contributed by atoms with Crippen molar-refractivity contribution in [1.29, 1.82) is 0 Å². The zero-order chi connectivity index (χ0) is 15.8. The second kappa shape index (κ2) is 9.08. The van der Waals surface area contributed by atoms with Gasteiger partial charge in [0.05, 0.1) is 18.5 Å². The molecule has 0 aromatic heterocycles. The monoisotopic (exact) mass is 321 g/mol. The molecule has 0 spiro atoms. The van der Waals surface area contributed by atoms with Gasteiger partial charge in [-0.1, -0.05) is 32.6 Å². The second-order valence-electron chi connectivity index (χ2n) is 6.39. The van der Waals surface area contributed by atoms with E-state index in [4.69, 9.17) is 14.6 Å². The first-order valence-electron chi connectivity index (χ1n) is 8.07. The third kappa shape index (κ3) is 8.14. The molecule has 0 bridgehead atoms. The van der Waals surface area contributed by atoms with Crippen LogP contribution in [0, 0.1) is 5.41 Å². The Morgan fingerprint density at radius 3 is 2.48 bits per heavy atom. The molecule has 1 aliphatic heterocycles. The number of sulfonamides is 1. The summed E-state index contributed by atoms with van der Waals surface area (Å²) in [4.78, 5) is 0. The maximum Gasteiger partial charge on any atom is 0.209 e. The predicted octanol–water partition coefficient (Wildman–Crippen LogP) is 2.45. The molecule has 1 rings (SSSR count). The minimum absolute atomic E-state index is 0.00802. The van der Waals surface area contributed by atoms with Gasteiger partial charge in [-0.15, -0.1) is 0 Å². The first kappa shape index (κ1) is 18.9. The molecule has 1 saturated heterocycles. The maximum absolute atomic E-state index is 11.5. The molecular weight excluding hydrogens is 290 g/mol. The highest BCUT2D eigenvalue weighted by molar-refractivity contribution is 7.89. The summed E-state index contributed by atoms with van der Waals surface area (Å²) in [6.07, 6.45) is 7.49. The van der Waals surface area contributed by atoms with Gasteiger partial charge in [-0.2, -0.15) is 0 Å². The van der Waals surface area contributed by atoms with Gasteiger partial charge in [0.25, 0.3) is 0 Å². The van der Waals surface area contributed by atoms with Crippen molar-refractivity contribution in [1.82, 2.24) is 0 Å². The number of ether oxygens (including phenoxy) is 2. The summed E-state index contributed by atoms with van der Waals surface area (Å²) < 4.78 is 34.2. The SMILES string of the molecule is CCCCCCC(C)OCC1(CS(N)(=O)=O)CCOCC1. The van der Waals surface area contributed by atoms with Crippen molar-refractivity contribution in [3.8, 4) is 0 Å². The zero-order valence-corrected chi connectivity index (χ0v) is 14.3. The van der Waals surface area contributed by atoms with E-state index in [2.05, 4.69) is 13.8 Å². The molecule has 0 aromatic rings. The largest absolute Gasteiger partial charge is 0.381 e. The summed E-state index contributed by atoms with van der Waals surface area (Å²) in [5, 5.41) is 5.25. The highest BCUT2D eigenvalue weighted by Crippen LogP contribution is 2.32. The highest BCUT2D eigenvalue weighted by Gasteiger charge is 2.37. The van der Waals surface area contributed by atoms with Gasteiger partial charge in [0.15, 0.2) is 0 Å². The van der Waals surface area contributed by atoms with Gasteiger partial charge in [-0.3, -0.25) is 0 Å². The molecule has 21 heavy (non-hydrogen) atoms. The Morgan fingerprint density at radius 2 is 1.90 bits per heavy atom. The minimum atomic E-state index is -3.49. The van der Waals surface area contributed by atoms with E-state index in [1.54, 1.807) is 0 Å². The van der Waals surface area contributed by atoms with E-state index in [9.17, 15) is 8.42 Å². The third-order valence-electron chi connectivity index (χ3n) is 4.20. The zero-order valence-electron chi connectivity index (χ0n) is 13.5. The lowest BCUT2D eigenvalue weighted by atomic mass is 9.83. The summed E-state index contributed by atoms with van der Waals surface area (Å²) in [7, 11) is -3.49. The number of unbranched alkanes of at least 4 members (excludes halogenated alkanes) is 3. The number of hydrogen-bond acceptors (Lipinski definition) is 4. The van der Waals surface area contributed by atoms with E-state index < -0.39 is 10.0 Å². The molecule has 0 saturated carbocycles. The molecule has 126 valence electrons. The van der Waals surface area contributed by atoms with Crippen molar-refractivity contribution in [2.45, 2.75) is 64.9 Å². The summed E-state index contributed by atoms with van der Waals surface area (Å²) in [5.74, 6) is -0.00802. The lowest BCUT2D eigenvalue weighted by molar-refractivity contribution is -0.0506. The van der Waals surface area contributed by atoms with Crippen LogP contribution in [0.1, 0.15) is 58.8 Å². The second-order valence-corrected chi connectivity index (χ2v) is 8.00. The average molecular weight is 321 g/mol. The van der Waals surface area contributed by atoms with Gasteiger partial charge in [0.1, 0.15) is 0 Å². The fourth-order valence-electron chi connectivity index (χ4n) is 2.82. The van der Waals surface area contributed by atoms with Crippen molar-refractivity contribution in [2.75, 3.05) is 25.6 Å². The van der Waals surface area contributed by atoms with Crippen LogP contribution in [0.3, 0.4) is 0 Å². The predicted molar refractivity (Wildman–Crippen MR) is 84.6 cm³/mol. The Balaban J connectivity index is 2.42. The molecule has 0 aliphatic carbocycles. The summed E-state index contributed by atoms with van der Waals surface area (Å²) in [5.41, 5.74) is -0.372. The molecule has 6 heteroatoms. The molecule has 0 aromatic carbocycles. The van der Waals surface area contributed by atoms with Crippen molar-refractivity contribution in [2.24, 2.45) is 10.6 Å². The fourth-order valence-corrected chi connectivity index (χ4v) is 4.05. The van der Waals surface area contributed by atoms with Crippen LogP contribution in [-0.4, -0.2) is 40.1 Å². The topological polar surface area (TPSA) is 78.6 Å². The molecule has 1 aliphatic rings. The van der Waals surface area contributed by atoms with Crippen LogP contribution in [0.5, 0.6) is 0 Å². The van der Waals surface area contributed by atoms with Crippen LogP contribution in [0.2, 0.25) is 0 Å². The van der Waals surface area contributed by atoms with Crippen LogP contribution in [-0.2, 0) is 19.5 Å². The van der Waals surface area contributed by atoms with Crippen LogP contribution in [0.25, 0.3) is 0 Å². The Labute approximate surface area is 129 Å². The number of primary sulfonamides is 1. The lowest BCUT2D eigenvalue weighted by Gasteiger charge is -2.36. The van der Waals surface area contributed by atoms with Gasteiger partial charge in [-0.05, 0) is 26.2 Å². The third-order valence-corrected chi connectivity index (χ3v) is 5.21. The van der Waals surface area contributed by atoms with E-state index in [0.29, 0.717) is 32.7 Å². The quantitative estimate of drug-likeness (QED) is 0.627. The van der Waals surface area contributed by atoms with E-state index in [0.717, 1.165) is 6.42 Å². The highest BCUT2D eigenvalue weighted by atomic mass is 32.2. The minimum Gasteiger partial charge on any atom is -0.381 e. The Morgan fingerprint density at radius 1 is 1.24 bits per heavy atom. The summed E-state index contributed by atoms with van der Waals surface area (Å²) >= 11 is 0. The Hall–Kier alpha value is -0.170. The first-order chi connectivity index (χ1) is 9.87. The number of hydrogen-bond donors (Lipinski definition) is 1.